The topological polar surface area (TPSA) is 75.8 Å². The van der Waals surface area contributed by atoms with E-state index in [0.717, 1.165) is 31.4 Å². The standard InChI is InChI=1S/C15H21N3O2S/c1-2-18(13-8-5-6-11(13)10-16)15-12-7-3-4-9-14(12)21(19,20)17-15/h3-4,7,9,11,13H,2,5-6,8,10,16H2,1H3. The van der Waals surface area contributed by atoms with Crippen LogP contribution in [-0.2, 0) is 10.0 Å². The Kier molecular flexibility index (Phi) is 3.75. The van der Waals surface area contributed by atoms with Crippen LogP contribution >= 0.6 is 0 Å². The molecule has 2 atom stereocenters. The zero-order chi connectivity index (χ0) is 15.0. The summed E-state index contributed by atoms with van der Waals surface area (Å²) in [7, 11) is -3.55. The van der Waals surface area contributed by atoms with Gasteiger partial charge in [0.05, 0.1) is 0 Å². The van der Waals surface area contributed by atoms with Gasteiger partial charge >= 0.3 is 0 Å². The van der Waals surface area contributed by atoms with Gasteiger partial charge in [0, 0.05) is 18.2 Å². The first-order chi connectivity index (χ1) is 10.1. The van der Waals surface area contributed by atoms with Crippen LogP contribution in [0.25, 0.3) is 0 Å². The van der Waals surface area contributed by atoms with E-state index >= 15 is 0 Å². The molecular weight excluding hydrogens is 286 g/mol. The summed E-state index contributed by atoms with van der Waals surface area (Å²) in [5.41, 5.74) is 6.60. The van der Waals surface area contributed by atoms with Gasteiger partial charge in [-0.2, -0.15) is 8.42 Å². The Balaban J connectivity index is 2.03. The fraction of sp³-hybridized carbons (Fsp3) is 0.533. The minimum Gasteiger partial charge on any atom is -0.352 e. The monoisotopic (exact) mass is 307 g/mol. The Morgan fingerprint density at radius 1 is 1.33 bits per heavy atom. The first-order valence-corrected chi connectivity index (χ1v) is 8.93. The summed E-state index contributed by atoms with van der Waals surface area (Å²) in [6, 6.07) is 7.36. The highest BCUT2D eigenvalue weighted by Crippen LogP contribution is 2.34. The summed E-state index contributed by atoms with van der Waals surface area (Å²) in [6.07, 6.45) is 3.31. The molecule has 6 heteroatoms. The molecule has 3 rings (SSSR count). The van der Waals surface area contributed by atoms with Gasteiger partial charge in [0.15, 0.2) is 5.84 Å². The number of rotatable bonds is 3. The third kappa shape index (κ3) is 2.36. The van der Waals surface area contributed by atoms with Crippen molar-refractivity contribution < 1.29 is 8.42 Å². The molecule has 1 aromatic rings. The molecule has 1 saturated carbocycles. The molecule has 5 nitrogen and oxygen atoms in total. The fourth-order valence-corrected chi connectivity index (χ4v) is 4.76. The van der Waals surface area contributed by atoms with Crippen LogP contribution in [0, 0.1) is 5.92 Å². The van der Waals surface area contributed by atoms with E-state index in [1.54, 1.807) is 12.1 Å². The van der Waals surface area contributed by atoms with Gasteiger partial charge in [0.1, 0.15) is 4.90 Å². The van der Waals surface area contributed by atoms with Crippen molar-refractivity contribution in [1.82, 2.24) is 4.90 Å². The van der Waals surface area contributed by atoms with Gasteiger partial charge < -0.3 is 10.6 Å². The molecule has 0 radical (unpaired) electrons. The van der Waals surface area contributed by atoms with Gasteiger partial charge in [0.25, 0.3) is 10.0 Å². The molecule has 2 unspecified atom stereocenters. The number of fused-ring (bicyclic) bond motifs is 1. The molecule has 0 spiro atoms. The SMILES string of the molecule is CCN(C1=NS(=O)(=O)c2ccccc21)C1CCCC1CN. The van der Waals surface area contributed by atoms with Crippen molar-refractivity contribution in [1.29, 1.82) is 0 Å². The van der Waals surface area contributed by atoms with Crippen molar-refractivity contribution in [3.63, 3.8) is 0 Å². The molecule has 0 saturated heterocycles. The van der Waals surface area contributed by atoms with Gasteiger partial charge in [-0.1, -0.05) is 18.6 Å². The minimum absolute atomic E-state index is 0.292. The molecule has 21 heavy (non-hydrogen) atoms. The van der Waals surface area contributed by atoms with E-state index in [4.69, 9.17) is 5.73 Å². The average Bonchev–Trinajstić information content (AvgIpc) is 3.04. The van der Waals surface area contributed by atoms with Crippen molar-refractivity contribution in [2.45, 2.75) is 37.1 Å². The number of nitrogens with two attached hydrogens (primary N) is 1. The van der Waals surface area contributed by atoms with Crippen LogP contribution in [0.15, 0.2) is 33.6 Å². The highest BCUT2D eigenvalue weighted by molar-refractivity contribution is 7.90. The van der Waals surface area contributed by atoms with Gasteiger partial charge in [0.2, 0.25) is 0 Å². The van der Waals surface area contributed by atoms with Crippen molar-refractivity contribution >= 4 is 15.9 Å². The molecule has 114 valence electrons. The maximum atomic E-state index is 12.2. The van der Waals surface area contributed by atoms with E-state index in [1.807, 2.05) is 19.1 Å². The van der Waals surface area contributed by atoms with Crippen molar-refractivity contribution in [3.8, 4) is 0 Å². The summed E-state index contributed by atoms with van der Waals surface area (Å²) in [5.74, 6) is 1.02. The number of hydrogen-bond acceptors (Lipinski definition) is 4. The molecule has 1 heterocycles. The smallest absolute Gasteiger partial charge is 0.285 e. The highest BCUT2D eigenvalue weighted by Gasteiger charge is 2.37. The number of benzene rings is 1. The summed E-state index contributed by atoms with van der Waals surface area (Å²) in [6.45, 7) is 3.43. The van der Waals surface area contributed by atoms with E-state index in [9.17, 15) is 8.42 Å². The molecule has 2 N–H and O–H groups in total. The van der Waals surface area contributed by atoms with E-state index in [1.165, 1.54) is 0 Å². The predicted octanol–water partition coefficient (Wildman–Crippen LogP) is 1.58. The van der Waals surface area contributed by atoms with Crippen LogP contribution in [0.3, 0.4) is 0 Å². The normalized spacial score (nSPS) is 26.5. The zero-order valence-corrected chi connectivity index (χ0v) is 13.0. The van der Waals surface area contributed by atoms with Gasteiger partial charge in [-0.15, -0.1) is 4.40 Å². The lowest BCUT2D eigenvalue weighted by atomic mass is 10.0. The number of sulfonamides is 1. The van der Waals surface area contributed by atoms with E-state index in [0.29, 0.717) is 29.2 Å². The Hall–Kier alpha value is -1.40. The van der Waals surface area contributed by atoms with Crippen LogP contribution < -0.4 is 5.73 Å². The molecular formula is C15H21N3O2S. The van der Waals surface area contributed by atoms with E-state index < -0.39 is 10.0 Å². The first kappa shape index (κ1) is 14.5. The lowest BCUT2D eigenvalue weighted by Crippen LogP contribution is -2.44. The number of amidine groups is 1. The second kappa shape index (κ2) is 5.42. The van der Waals surface area contributed by atoms with Gasteiger partial charge in [-0.25, -0.2) is 0 Å². The van der Waals surface area contributed by atoms with Gasteiger partial charge in [-0.05, 0) is 44.4 Å². The molecule has 1 aliphatic carbocycles. The summed E-state index contributed by atoms with van der Waals surface area (Å²) in [4.78, 5) is 2.45. The second-order valence-corrected chi connectivity index (χ2v) is 7.24. The summed E-state index contributed by atoms with van der Waals surface area (Å²) < 4.78 is 28.5. The second-order valence-electron chi connectivity index (χ2n) is 5.67. The summed E-state index contributed by atoms with van der Waals surface area (Å²) in [5, 5.41) is 0. The zero-order valence-electron chi connectivity index (χ0n) is 12.2. The first-order valence-electron chi connectivity index (χ1n) is 7.49. The number of hydrogen-bond donors (Lipinski definition) is 1. The largest absolute Gasteiger partial charge is 0.352 e. The van der Waals surface area contributed by atoms with Crippen molar-refractivity contribution in [2.75, 3.05) is 13.1 Å². The molecule has 1 aromatic carbocycles. The van der Waals surface area contributed by atoms with Crippen LogP contribution in [0.4, 0.5) is 0 Å². The average molecular weight is 307 g/mol. The molecule has 1 aliphatic heterocycles. The van der Waals surface area contributed by atoms with Crippen LogP contribution in [0.2, 0.25) is 0 Å². The Morgan fingerprint density at radius 2 is 2.10 bits per heavy atom. The third-order valence-corrected chi connectivity index (χ3v) is 5.87. The number of nitrogens with zero attached hydrogens (tertiary/aromatic N) is 2. The van der Waals surface area contributed by atoms with Crippen molar-refractivity contribution in [2.24, 2.45) is 16.0 Å². The maximum absolute atomic E-state index is 12.2. The van der Waals surface area contributed by atoms with E-state index in [-0.39, 0.29) is 0 Å². The van der Waals surface area contributed by atoms with Gasteiger partial charge in [-0.3, -0.25) is 0 Å². The quantitative estimate of drug-likeness (QED) is 0.920. The molecule has 2 aliphatic rings. The predicted molar refractivity (Wildman–Crippen MR) is 82.7 cm³/mol. The Morgan fingerprint density at radius 3 is 2.81 bits per heavy atom. The Labute approximate surface area is 125 Å². The van der Waals surface area contributed by atoms with Crippen LogP contribution in [0.5, 0.6) is 0 Å². The molecule has 1 fully saturated rings. The maximum Gasteiger partial charge on any atom is 0.285 e. The molecule has 0 bridgehead atoms. The van der Waals surface area contributed by atoms with Crippen molar-refractivity contribution in [3.05, 3.63) is 29.8 Å². The summed E-state index contributed by atoms with van der Waals surface area (Å²) >= 11 is 0. The molecule has 0 aromatic heterocycles. The third-order valence-electron chi connectivity index (χ3n) is 4.55. The Bertz CT molecular complexity index is 669. The minimum atomic E-state index is -3.55. The lowest BCUT2D eigenvalue weighted by molar-refractivity contribution is 0.267. The fourth-order valence-electron chi connectivity index (χ4n) is 3.54. The van der Waals surface area contributed by atoms with Crippen LogP contribution in [-0.4, -0.2) is 38.3 Å². The molecule has 0 amide bonds. The lowest BCUT2D eigenvalue weighted by Gasteiger charge is -2.33. The highest BCUT2D eigenvalue weighted by atomic mass is 32.2. The van der Waals surface area contributed by atoms with E-state index in [2.05, 4.69) is 9.30 Å². The van der Waals surface area contributed by atoms with Crippen LogP contribution in [0.1, 0.15) is 31.7 Å².